The number of aromatic nitrogens is 2. The highest BCUT2D eigenvalue weighted by Crippen LogP contribution is 2.32. The van der Waals surface area contributed by atoms with Gasteiger partial charge in [0, 0.05) is 43.9 Å². The fourth-order valence-electron chi connectivity index (χ4n) is 4.23. The average Bonchev–Trinajstić information content (AvgIpc) is 2.81. The lowest BCUT2D eigenvalue weighted by Gasteiger charge is -2.36. The first-order valence-corrected chi connectivity index (χ1v) is 11.5. The molecule has 1 aliphatic heterocycles. The van der Waals surface area contributed by atoms with E-state index in [9.17, 15) is 18.0 Å². The molecule has 1 saturated heterocycles. The number of anilines is 2. The van der Waals surface area contributed by atoms with Crippen LogP contribution in [0.4, 0.5) is 24.8 Å². The summed E-state index contributed by atoms with van der Waals surface area (Å²) in [6.45, 7) is 8.30. The molecule has 1 aromatic heterocycles. The number of piperazine rings is 1. The molecule has 180 valence electrons. The zero-order chi connectivity index (χ0) is 24.5. The van der Waals surface area contributed by atoms with Crippen molar-refractivity contribution < 1.29 is 13.2 Å². The zero-order valence-corrected chi connectivity index (χ0v) is 19.6. The highest BCUT2D eigenvalue weighted by Gasteiger charge is 2.31. The van der Waals surface area contributed by atoms with Gasteiger partial charge in [0.2, 0.25) is 5.95 Å². The van der Waals surface area contributed by atoms with Crippen molar-refractivity contribution in [3.8, 4) is 0 Å². The number of H-pyrrole nitrogens is 1. The van der Waals surface area contributed by atoms with Gasteiger partial charge in [-0.15, -0.1) is 0 Å². The lowest BCUT2D eigenvalue weighted by molar-refractivity contribution is -0.137. The summed E-state index contributed by atoms with van der Waals surface area (Å²) in [6.07, 6.45) is -3.85. The number of halogens is 3. The Labute approximate surface area is 197 Å². The molecular weight excluding hydrogens is 441 g/mol. The van der Waals surface area contributed by atoms with Crippen LogP contribution in [0.25, 0.3) is 0 Å². The SMILES string of the molecule is Cc1nc(N2CCN(c3cccc(C(F)(F)F)c3)CC2)[nH]c(=O)c1Cc1ccc(C(C)C)cc1. The summed E-state index contributed by atoms with van der Waals surface area (Å²) in [7, 11) is 0. The number of nitrogens with zero attached hydrogens (tertiary/aromatic N) is 3. The third-order valence-corrected chi connectivity index (χ3v) is 6.35. The molecule has 2 heterocycles. The molecule has 1 aliphatic rings. The van der Waals surface area contributed by atoms with E-state index in [4.69, 9.17) is 0 Å². The van der Waals surface area contributed by atoms with E-state index in [0.717, 1.165) is 11.6 Å². The van der Waals surface area contributed by atoms with Crippen molar-refractivity contribution in [1.82, 2.24) is 9.97 Å². The predicted molar refractivity (Wildman–Crippen MR) is 129 cm³/mol. The van der Waals surface area contributed by atoms with Gasteiger partial charge in [0.25, 0.3) is 5.56 Å². The lowest BCUT2D eigenvalue weighted by atomic mass is 9.99. The first-order valence-electron chi connectivity index (χ1n) is 11.5. The van der Waals surface area contributed by atoms with E-state index in [1.54, 1.807) is 6.07 Å². The molecule has 1 N–H and O–H groups in total. The van der Waals surface area contributed by atoms with Gasteiger partial charge in [-0.05, 0) is 42.2 Å². The summed E-state index contributed by atoms with van der Waals surface area (Å²) >= 11 is 0. The summed E-state index contributed by atoms with van der Waals surface area (Å²) < 4.78 is 39.1. The minimum absolute atomic E-state index is 0.157. The van der Waals surface area contributed by atoms with Gasteiger partial charge < -0.3 is 9.80 Å². The van der Waals surface area contributed by atoms with E-state index in [1.807, 2.05) is 16.7 Å². The second kappa shape index (κ2) is 9.52. The molecule has 8 heteroatoms. The molecule has 3 aromatic rings. The maximum absolute atomic E-state index is 13.0. The van der Waals surface area contributed by atoms with Gasteiger partial charge in [-0.3, -0.25) is 9.78 Å². The smallest absolute Gasteiger partial charge is 0.368 e. The Bertz CT molecular complexity index is 1190. The van der Waals surface area contributed by atoms with Crippen LogP contribution in [0.15, 0.2) is 53.3 Å². The summed E-state index contributed by atoms with van der Waals surface area (Å²) in [6, 6.07) is 13.7. The van der Waals surface area contributed by atoms with Crippen LogP contribution in [0, 0.1) is 6.92 Å². The standard InChI is InChI=1S/C26H29F3N4O/c1-17(2)20-9-7-19(8-10-20)15-23-18(3)30-25(31-24(23)34)33-13-11-32(12-14-33)22-6-4-5-21(16-22)26(27,28)29/h4-10,16-17H,11-15H2,1-3H3,(H,30,31,34). The van der Waals surface area contributed by atoms with Crippen LogP contribution in [0.3, 0.4) is 0 Å². The molecular formula is C26H29F3N4O. The van der Waals surface area contributed by atoms with Crippen molar-refractivity contribution in [2.75, 3.05) is 36.0 Å². The Kier molecular flexibility index (Phi) is 6.68. The number of aromatic amines is 1. The molecule has 0 bridgehead atoms. The van der Waals surface area contributed by atoms with Crippen LogP contribution >= 0.6 is 0 Å². The van der Waals surface area contributed by atoms with Crippen molar-refractivity contribution in [3.05, 3.63) is 86.8 Å². The van der Waals surface area contributed by atoms with Gasteiger partial charge in [-0.1, -0.05) is 44.2 Å². The van der Waals surface area contributed by atoms with E-state index in [2.05, 4.69) is 48.1 Å². The Morgan fingerprint density at radius 3 is 2.24 bits per heavy atom. The van der Waals surface area contributed by atoms with E-state index in [0.29, 0.717) is 61.4 Å². The van der Waals surface area contributed by atoms with Gasteiger partial charge in [-0.2, -0.15) is 13.2 Å². The number of benzene rings is 2. The molecule has 0 unspecified atom stereocenters. The predicted octanol–water partition coefficient (Wildman–Crippen LogP) is 5.14. The Morgan fingerprint density at radius 2 is 1.65 bits per heavy atom. The second-order valence-electron chi connectivity index (χ2n) is 9.05. The van der Waals surface area contributed by atoms with Crippen molar-refractivity contribution in [1.29, 1.82) is 0 Å². The zero-order valence-electron chi connectivity index (χ0n) is 19.6. The maximum Gasteiger partial charge on any atom is 0.416 e. The molecule has 0 saturated carbocycles. The number of hydrogen-bond donors (Lipinski definition) is 1. The van der Waals surface area contributed by atoms with Crippen LogP contribution in [0.5, 0.6) is 0 Å². The molecule has 0 atom stereocenters. The van der Waals surface area contributed by atoms with Gasteiger partial charge in [0.05, 0.1) is 11.3 Å². The van der Waals surface area contributed by atoms with Crippen LogP contribution in [0.1, 0.15) is 47.7 Å². The van der Waals surface area contributed by atoms with Crippen molar-refractivity contribution >= 4 is 11.6 Å². The first-order chi connectivity index (χ1) is 16.1. The van der Waals surface area contributed by atoms with Crippen molar-refractivity contribution in [2.24, 2.45) is 0 Å². The molecule has 0 radical (unpaired) electrons. The monoisotopic (exact) mass is 470 g/mol. The van der Waals surface area contributed by atoms with E-state index in [1.165, 1.54) is 17.7 Å². The van der Waals surface area contributed by atoms with Gasteiger partial charge in [0.15, 0.2) is 0 Å². The van der Waals surface area contributed by atoms with Crippen molar-refractivity contribution in [3.63, 3.8) is 0 Å². The van der Waals surface area contributed by atoms with Crippen LogP contribution in [-0.2, 0) is 12.6 Å². The summed E-state index contributed by atoms with van der Waals surface area (Å²) in [5, 5.41) is 0. The molecule has 4 rings (SSSR count). The summed E-state index contributed by atoms with van der Waals surface area (Å²) in [5.74, 6) is 0.958. The molecule has 0 amide bonds. The minimum Gasteiger partial charge on any atom is -0.368 e. The van der Waals surface area contributed by atoms with Gasteiger partial charge >= 0.3 is 6.18 Å². The van der Waals surface area contributed by atoms with Crippen molar-refractivity contribution in [2.45, 2.75) is 39.3 Å². The number of rotatable bonds is 5. The Hall–Kier alpha value is -3.29. The topological polar surface area (TPSA) is 52.2 Å². The molecule has 5 nitrogen and oxygen atoms in total. The third-order valence-electron chi connectivity index (χ3n) is 6.35. The number of alkyl halides is 3. The number of aryl methyl sites for hydroxylation is 1. The molecule has 2 aromatic carbocycles. The fourth-order valence-corrected chi connectivity index (χ4v) is 4.23. The highest BCUT2D eigenvalue weighted by atomic mass is 19.4. The first kappa shape index (κ1) is 23.9. The average molecular weight is 471 g/mol. The maximum atomic E-state index is 13.0. The van der Waals surface area contributed by atoms with Crippen LogP contribution in [0.2, 0.25) is 0 Å². The molecule has 34 heavy (non-hydrogen) atoms. The normalized spacial score (nSPS) is 14.7. The molecule has 0 aliphatic carbocycles. The largest absolute Gasteiger partial charge is 0.416 e. The third kappa shape index (κ3) is 5.26. The second-order valence-corrected chi connectivity index (χ2v) is 9.05. The highest BCUT2D eigenvalue weighted by molar-refractivity contribution is 5.51. The summed E-state index contributed by atoms with van der Waals surface area (Å²) in [5.41, 5.74) is 3.38. The lowest BCUT2D eigenvalue weighted by Crippen LogP contribution is -2.47. The van der Waals surface area contributed by atoms with Crippen LogP contribution in [-0.4, -0.2) is 36.1 Å². The van der Waals surface area contributed by atoms with Gasteiger partial charge in [-0.25, -0.2) is 4.98 Å². The Balaban J connectivity index is 1.44. The quantitative estimate of drug-likeness (QED) is 0.561. The van der Waals surface area contributed by atoms with E-state index >= 15 is 0 Å². The number of nitrogens with one attached hydrogen (secondary N) is 1. The van der Waals surface area contributed by atoms with E-state index in [-0.39, 0.29) is 5.56 Å². The Morgan fingerprint density at radius 1 is 1.00 bits per heavy atom. The van der Waals surface area contributed by atoms with Crippen LogP contribution < -0.4 is 15.4 Å². The number of hydrogen-bond acceptors (Lipinski definition) is 4. The molecule has 0 spiro atoms. The van der Waals surface area contributed by atoms with E-state index < -0.39 is 11.7 Å². The minimum atomic E-state index is -4.36. The fraction of sp³-hybridized carbons (Fsp3) is 0.385. The molecule has 1 fully saturated rings. The van der Waals surface area contributed by atoms with Gasteiger partial charge in [0.1, 0.15) is 0 Å². The summed E-state index contributed by atoms with van der Waals surface area (Å²) in [4.78, 5) is 24.3.